The number of ether oxygens (including phenoxy) is 1. The van der Waals surface area contributed by atoms with Crippen molar-refractivity contribution in [1.82, 2.24) is 4.90 Å². The van der Waals surface area contributed by atoms with Crippen LogP contribution in [0.15, 0.2) is 18.2 Å². The highest BCUT2D eigenvalue weighted by Crippen LogP contribution is 2.21. The molecule has 1 N–H and O–H groups in total. The van der Waals surface area contributed by atoms with E-state index in [1.165, 1.54) is 23.1 Å². The molecule has 1 aliphatic rings. The molecule has 1 heterocycles. The molecule has 2 rings (SSSR count). The molecule has 0 spiro atoms. The molecule has 0 saturated carbocycles. The van der Waals surface area contributed by atoms with E-state index in [-0.39, 0.29) is 30.8 Å². The van der Waals surface area contributed by atoms with Crippen molar-refractivity contribution in [3.05, 3.63) is 39.4 Å². The second-order valence-electron chi connectivity index (χ2n) is 5.08. The molecule has 118 valence electrons. The third-order valence-corrected chi connectivity index (χ3v) is 3.56. The van der Waals surface area contributed by atoms with Crippen LogP contribution in [0.5, 0.6) is 0 Å². The third kappa shape index (κ3) is 3.40. The largest absolute Gasteiger partial charge is 0.481 e. The summed E-state index contributed by atoms with van der Waals surface area (Å²) in [5.74, 6) is -1.43. The Kier molecular flexibility index (Phi) is 4.71. The minimum absolute atomic E-state index is 0.145. The molecule has 0 aliphatic carbocycles. The summed E-state index contributed by atoms with van der Waals surface area (Å²) >= 11 is 0. The normalized spacial score (nSPS) is 18.0. The van der Waals surface area contributed by atoms with Crippen LogP contribution in [-0.4, -0.2) is 52.6 Å². The van der Waals surface area contributed by atoms with Gasteiger partial charge in [0.15, 0.2) is 0 Å². The maximum Gasteiger partial charge on any atom is 0.305 e. The van der Waals surface area contributed by atoms with Gasteiger partial charge in [-0.2, -0.15) is 0 Å². The lowest BCUT2D eigenvalue weighted by Gasteiger charge is -2.35. The van der Waals surface area contributed by atoms with E-state index in [1.807, 2.05) is 0 Å². The van der Waals surface area contributed by atoms with Crippen molar-refractivity contribution < 1.29 is 24.4 Å². The number of non-ortho nitro benzene ring substituents is 1. The zero-order valence-electron chi connectivity index (χ0n) is 12.0. The summed E-state index contributed by atoms with van der Waals surface area (Å²) < 4.78 is 5.23. The Balaban J connectivity index is 2.30. The Hall–Kier alpha value is -2.48. The van der Waals surface area contributed by atoms with E-state index in [2.05, 4.69) is 0 Å². The maximum atomic E-state index is 12.6. The lowest BCUT2D eigenvalue weighted by Crippen LogP contribution is -2.49. The van der Waals surface area contributed by atoms with E-state index >= 15 is 0 Å². The quantitative estimate of drug-likeness (QED) is 0.661. The van der Waals surface area contributed by atoms with Crippen LogP contribution in [0, 0.1) is 17.0 Å². The SMILES string of the molecule is Cc1ccc([N+](=O)[O-])cc1C(=O)N1CCOCC1CC(=O)O. The Morgan fingerprint density at radius 2 is 2.23 bits per heavy atom. The fraction of sp³-hybridized carbons (Fsp3) is 0.429. The predicted octanol–water partition coefficient (Wildman–Crippen LogP) is 1.22. The van der Waals surface area contributed by atoms with Gasteiger partial charge in [-0.05, 0) is 12.5 Å². The van der Waals surface area contributed by atoms with Crippen molar-refractivity contribution in [2.75, 3.05) is 19.8 Å². The number of nitro benzene ring substituents is 1. The second-order valence-corrected chi connectivity index (χ2v) is 5.08. The van der Waals surface area contributed by atoms with Crippen molar-refractivity contribution in [3.63, 3.8) is 0 Å². The molecular formula is C14H16N2O6. The molecular weight excluding hydrogens is 292 g/mol. The van der Waals surface area contributed by atoms with E-state index in [9.17, 15) is 19.7 Å². The fourth-order valence-corrected chi connectivity index (χ4v) is 2.40. The number of hydrogen-bond acceptors (Lipinski definition) is 5. The van der Waals surface area contributed by atoms with Gasteiger partial charge in [-0.3, -0.25) is 19.7 Å². The second kappa shape index (κ2) is 6.52. The summed E-state index contributed by atoms with van der Waals surface area (Å²) in [7, 11) is 0. The first-order valence-electron chi connectivity index (χ1n) is 6.75. The standard InChI is InChI=1S/C14H16N2O6/c1-9-2-3-10(16(20)21)6-12(9)14(19)15-4-5-22-8-11(15)7-13(17)18/h2-3,6,11H,4-5,7-8H2,1H3,(H,17,18). The van der Waals surface area contributed by atoms with Crippen LogP contribution < -0.4 is 0 Å². The number of carbonyl (C=O) groups is 2. The van der Waals surface area contributed by atoms with E-state index in [4.69, 9.17) is 9.84 Å². The van der Waals surface area contributed by atoms with Gasteiger partial charge in [0.2, 0.25) is 0 Å². The molecule has 0 aromatic heterocycles. The number of nitrogens with zero attached hydrogens (tertiary/aromatic N) is 2. The van der Waals surface area contributed by atoms with E-state index in [0.29, 0.717) is 12.2 Å². The molecule has 1 aliphatic heterocycles. The van der Waals surface area contributed by atoms with Crippen molar-refractivity contribution in [3.8, 4) is 0 Å². The maximum absolute atomic E-state index is 12.6. The van der Waals surface area contributed by atoms with Gasteiger partial charge >= 0.3 is 5.97 Å². The number of aliphatic carboxylic acids is 1. The number of morpholine rings is 1. The molecule has 1 fully saturated rings. The number of aryl methyl sites for hydroxylation is 1. The third-order valence-electron chi connectivity index (χ3n) is 3.56. The van der Waals surface area contributed by atoms with Crippen LogP contribution in [0.2, 0.25) is 0 Å². The summed E-state index contributed by atoms with van der Waals surface area (Å²) in [6.45, 7) is 2.41. The minimum Gasteiger partial charge on any atom is -0.481 e. The van der Waals surface area contributed by atoms with Crippen molar-refractivity contribution in [1.29, 1.82) is 0 Å². The van der Waals surface area contributed by atoms with Gasteiger partial charge in [-0.15, -0.1) is 0 Å². The highest BCUT2D eigenvalue weighted by atomic mass is 16.6. The number of nitro groups is 1. The average Bonchev–Trinajstić information content (AvgIpc) is 2.46. The first kappa shape index (κ1) is 15.9. The Bertz CT molecular complexity index is 615. The van der Waals surface area contributed by atoms with E-state index < -0.39 is 22.8 Å². The summed E-state index contributed by atoms with van der Waals surface area (Å²) in [6, 6.07) is 3.50. The summed E-state index contributed by atoms with van der Waals surface area (Å²) in [5.41, 5.74) is 0.652. The summed E-state index contributed by atoms with van der Waals surface area (Å²) in [4.78, 5) is 35.3. The van der Waals surface area contributed by atoms with Crippen LogP contribution in [0.4, 0.5) is 5.69 Å². The fourth-order valence-electron chi connectivity index (χ4n) is 2.40. The van der Waals surface area contributed by atoms with Gasteiger partial charge in [0.25, 0.3) is 11.6 Å². The van der Waals surface area contributed by atoms with Crippen LogP contribution in [0.3, 0.4) is 0 Å². The smallest absolute Gasteiger partial charge is 0.305 e. The first-order valence-corrected chi connectivity index (χ1v) is 6.75. The van der Waals surface area contributed by atoms with Crippen LogP contribution in [-0.2, 0) is 9.53 Å². The number of amides is 1. The molecule has 1 atom stereocenters. The number of carboxylic acids is 1. The zero-order valence-corrected chi connectivity index (χ0v) is 12.0. The van der Waals surface area contributed by atoms with Crippen LogP contribution in [0.25, 0.3) is 0 Å². The molecule has 22 heavy (non-hydrogen) atoms. The lowest BCUT2D eigenvalue weighted by atomic mass is 10.0. The zero-order chi connectivity index (χ0) is 16.3. The van der Waals surface area contributed by atoms with Gasteiger partial charge in [0, 0.05) is 24.2 Å². The minimum atomic E-state index is -1.02. The highest BCUT2D eigenvalue weighted by Gasteiger charge is 2.31. The Labute approximate surface area is 126 Å². The summed E-state index contributed by atoms with van der Waals surface area (Å²) in [5, 5.41) is 19.8. The van der Waals surface area contributed by atoms with E-state index in [0.717, 1.165) is 0 Å². The van der Waals surface area contributed by atoms with Gasteiger partial charge in [-0.25, -0.2) is 0 Å². The van der Waals surface area contributed by atoms with Gasteiger partial charge in [0.05, 0.1) is 30.6 Å². The monoisotopic (exact) mass is 308 g/mol. The molecule has 1 aromatic rings. The molecule has 1 amide bonds. The van der Waals surface area contributed by atoms with Crippen LogP contribution in [0.1, 0.15) is 22.3 Å². The molecule has 1 unspecified atom stereocenters. The van der Waals surface area contributed by atoms with E-state index in [1.54, 1.807) is 6.92 Å². The highest BCUT2D eigenvalue weighted by molar-refractivity contribution is 5.96. The van der Waals surface area contributed by atoms with Crippen molar-refractivity contribution in [2.24, 2.45) is 0 Å². The number of carboxylic acid groups (broad SMARTS) is 1. The number of hydrogen-bond donors (Lipinski definition) is 1. The van der Waals surface area contributed by atoms with Crippen molar-refractivity contribution in [2.45, 2.75) is 19.4 Å². The Morgan fingerprint density at radius 3 is 2.86 bits per heavy atom. The first-order chi connectivity index (χ1) is 10.4. The number of rotatable bonds is 4. The van der Waals surface area contributed by atoms with Crippen molar-refractivity contribution >= 4 is 17.6 Å². The Morgan fingerprint density at radius 1 is 1.50 bits per heavy atom. The molecule has 0 bridgehead atoms. The topological polar surface area (TPSA) is 110 Å². The van der Waals surface area contributed by atoms with Gasteiger partial charge < -0.3 is 14.7 Å². The average molecular weight is 308 g/mol. The molecule has 8 nitrogen and oxygen atoms in total. The van der Waals surface area contributed by atoms with Gasteiger partial charge in [-0.1, -0.05) is 6.07 Å². The number of benzene rings is 1. The molecule has 1 aromatic carbocycles. The summed E-state index contributed by atoms with van der Waals surface area (Å²) in [6.07, 6.45) is -0.223. The lowest BCUT2D eigenvalue weighted by molar-refractivity contribution is -0.384. The van der Waals surface area contributed by atoms with Crippen LogP contribution >= 0.6 is 0 Å². The molecule has 8 heteroatoms. The molecule has 1 saturated heterocycles. The molecule has 0 radical (unpaired) electrons. The van der Waals surface area contributed by atoms with Gasteiger partial charge in [0.1, 0.15) is 0 Å². The number of carbonyl (C=O) groups excluding carboxylic acids is 1. The predicted molar refractivity (Wildman–Crippen MR) is 75.7 cm³/mol.